The molecule has 0 radical (unpaired) electrons. The smallest absolute Gasteiger partial charge is 0.330 e. The van der Waals surface area contributed by atoms with Crippen molar-refractivity contribution in [1.82, 2.24) is 5.32 Å². The molecule has 4 heteroatoms. The molecule has 1 rings (SSSR count). The second-order valence-electron chi connectivity index (χ2n) is 3.54. The van der Waals surface area contributed by atoms with Gasteiger partial charge in [-0.15, -0.1) is 0 Å². The van der Waals surface area contributed by atoms with Crippen LogP contribution in [0.25, 0.3) is 0 Å². The fraction of sp³-hybridized carbons (Fsp3) is 0.600. The van der Waals surface area contributed by atoms with Crippen LogP contribution in [0.1, 0.15) is 32.1 Å². The van der Waals surface area contributed by atoms with Crippen molar-refractivity contribution in [3.8, 4) is 0 Å². The molecule has 0 aromatic heterocycles. The first kappa shape index (κ1) is 10.8. The summed E-state index contributed by atoms with van der Waals surface area (Å²) in [4.78, 5) is 20.9. The van der Waals surface area contributed by atoms with Gasteiger partial charge in [0, 0.05) is 12.1 Å². The molecule has 1 aliphatic carbocycles. The number of carbonyl (C=O) groups is 2. The fourth-order valence-corrected chi connectivity index (χ4v) is 1.73. The van der Waals surface area contributed by atoms with Crippen LogP contribution < -0.4 is 5.32 Å². The van der Waals surface area contributed by atoms with Crippen LogP contribution in [-0.4, -0.2) is 23.4 Å². The second-order valence-corrected chi connectivity index (χ2v) is 3.54. The van der Waals surface area contributed by atoms with Crippen LogP contribution in [0.5, 0.6) is 0 Å². The lowest BCUT2D eigenvalue weighted by Crippen LogP contribution is -2.31. The summed E-state index contributed by atoms with van der Waals surface area (Å²) >= 11 is 0. The van der Waals surface area contributed by atoms with Gasteiger partial charge in [-0.1, -0.05) is 19.3 Å². The van der Waals surface area contributed by atoms with Gasteiger partial charge < -0.3 is 10.4 Å². The third-order valence-corrected chi connectivity index (χ3v) is 2.38. The first-order chi connectivity index (χ1) is 6.72. The average molecular weight is 197 g/mol. The monoisotopic (exact) mass is 197 g/mol. The van der Waals surface area contributed by atoms with Gasteiger partial charge in [0.05, 0.1) is 5.70 Å². The molecular formula is C10H15NO3. The first-order valence-electron chi connectivity index (χ1n) is 4.88. The molecule has 2 N–H and O–H groups in total. The topological polar surface area (TPSA) is 66.4 Å². The Morgan fingerprint density at radius 1 is 1.29 bits per heavy atom. The van der Waals surface area contributed by atoms with Crippen LogP contribution in [0.15, 0.2) is 11.8 Å². The lowest BCUT2D eigenvalue weighted by Gasteiger charge is -2.23. The summed E-state index contributed by atoms with van der Waals surface area (Å²) in [7, 11) is 0. The third kappa shape index (κ3) is 3.60. The summed E-state index contributed by atoms with van der Waals surface area (Å²) in [5.74, 6) is -1.09. The molecule has 0 aliphatic heterocycles. The molecule has 0 saturated heterocycles. The molecule has 0 bridgehead atoms. The van der Waals surface area contributed by atoms with Crippen molar-refractivity contribution < 1.29 is 14.7 Å². The maximum Gasteiger partial charge on any atom is 0.330 e. The minimum absolute atomic E-state index is 0.171. The molecular weight excluding hydrogens is 182 g/mol. The van der Waals surface area contributed by atoms with Crippen molar-refractivity contribution in [2.24, 2.45) is 0 Å². The van der Waals surface area contributed by atoms with Crippen molar-refractivity contribution in [3.63, 3.8) is 0 Å². The molecule has 1 saturated carbocycles. The summed E-state index contributed by atoms with van der Waals surface area (Å²) < 4.78 is 0. The van der Waals surface area contributed by atoms with Crippen molar-refractivity contribution >= 4 is 12.3 Å². The fourth-order valence-electron chi connectivity index (χ4n) is 1.73. The normalized spacial score (nSPS) is 19.0. The molecule has 1 aliphatic rings. The van der Waals surface area contributed by atoms with E-state index >= 15 is 0 Å². The Morgan fingerprint density at radius 2 is 1.93 bits per heavy atom. The minimum atomic E-state index is -1.09. The largest absolute Gasteiger partial charge is 0.478 e. The molecule has 14 heavy (non-hydrogen) atoms. The van der Waals surface area contributed by atoms with Gasteiger partial charge in [-0.25, -0.2) is 4.79 Å². The lowest BCUT2D eigenvalue weighted by atomic mass is 9.95. The standard InChI is InChI=1S/C10H15NO3/c12-7-9(6-10(13)14)11-8-4-2-1-3-5-8/h6-8,11H,1-5H2,(H,13,14). The number of carbonyl (C=O) groups excluding carboxylic acids is 1. The Bertz CT molecular complexity index is 242. The number of hydrogen-bond donors (Lipinski definition) is 2. The predicted octanol–water partition coefficient (Wildman–Crippen LogP) is 1.08. The number of carboxylic acid groups (broad SMARTS) is 1. The van der Waals surface area contributed by atoms with E-state index in [1.807, 2.05) is 0 Å². The van der Waals surface area contributed by atoms with Crippen LogP contribution in [0.2, 0.25) is 0 Å². The molecule has 0 atom stereocenters. The second kappa shape index (κ2) is 5.42. The van der Waals surface area contributed by atoms with E-state index in [1.165, 1.54) is 6.42 Å². The highest BCUT2D eigenvalue weighted by Crippen LogP contribution is 2.17. The average Bonchev–Trinajstić information content (AvgIpc) is 2.17. The molecule has 0 aromatic rings. The Balaban J connectivity index is 2.46. The van der Waals surface area contributed by atoms with Gasteiger partial charge in [0.25, 0.3) is 0 Å². The van der Waals surface area contributed by atoms with E-state index in [-0.39, 0.29) is 11.7 Å². The van der Waals surface area contributed by atoms with Crippen LogP contribution in [0.4, 0.5) is 0 Å². The molecule has 0 spiro atoms. The number of nitrogens with one attached hydrogen (secondary N) is 1. The zero-order valence-corrected chi connectivity index (χ0v) is 8.03. The zero-order chi connectivity index (χ0) is 10.4. The van der Waals surface area contributed by atoms with E-state index in [2.05, 4.69) is 5.32 Å². The van der Waals surface area contributed by atoms with Crippen molar-refractivity contribution in [2.75, 3.05) is 0 Å². The molecule has 0 heterocycles. The van der Waals surface area contributed by atoms with Gasteiger partial charge in [0.15, 0.2) is 6.29 Å². The van der Waals surface area contributed by atoms with Gasteiger partial charge in [-0.2, -0.15) is 0 Å². The molecule has 0 unspecified atom stereocenters. The van der Waals surface area contributed by atoms with Crippen molar-refractivity contribution in [3.05, 3.63) is 11.8 Å². The van der Waals surface area contributed by atoms with Gasteiger partial charge in [-0.05, 0) is 12.8 Å². The first-order valence-corrected chi connectivity index (χ1v) is 4.88. The van der Waals surface area contributed by atoms with Crippen LogP contribution in [-0.2, 0) is 9.59 Å². The minimum Gasteiger partial charge on any atom is -0.478 e. The number of carboxylic acids is 1. The summed E-state index contributed by atoms with van der Waals surface area (Å²) in [6, 6.07) is 0.263. The Kier molecular flexibility index (Phi) is 4.16. The quantitative estimate of drug-likeness (QED) is 0.522. The number of aliphatic carboxylic acids is 1. The third-order valence-electron chi connectivity index (χ3n) is 2.38. The maximum absolute atomic E-state index is 10.5. The van der Waals surface area contributed by atoms with E-state index in [0.29, 0.717) is 6.29 Å². The Morgan fingerprint density at radius 3 is 2.43 bits per heavy atom. The highest BCUT2D eigenvalue weighted by molar-refractivity contribution is 5.88. The highest BCUT2D eigenvalue weighted by Gasteiger charge is 2.13. The van der Waals surface area contributed by atoms with Gasteiger partial charge in [-0.3, -0.25) is 4.79 Å². The highest BCUT2D eigenvalue weighted by atomic mass is 16.4. The van der Waals surface area contributed by atoms with E-state index in [0.717, 1.165) is 31.8 Å². The summed E-state index contributed by atoms with van der Waals surface area (Å²) in [5.41, 5.74) is 0.171. The number of allylic oxidation sites excluding steroid dienone is 1. The van der Waals surface area contributed by atoms with E-state index in [9.17, 15) is 9.59 Å². The summed E-state index contributed by atoms with van der Waals surface area (Å²) in [6.45, 7) is 0. The van der Waals surface area contributed by atoms with Gasteiger partial charge in [0.1, 0.15) is 0 Å². The van der Waals surface area contributed by atoms with Gasteiger partial charge in [0.2, 0.25) is 0 Å². The Labute approximate surface area is 83.0 Å². The predicted molar refractivity (Wildman–Crippen MR) is 51.8 cm³/mol. The Hall–Kier alpha value is -1.32. The lowest BCUT2D eigenvalue weighted by molar-refractivity contribution is -0.131. The van der Waals surface area contributed by atoms with Crippen LogP contribution in [0.3, 0.4) is 0 Å². The van der Waals surface area contributed by atoms with Crippen LogP contribution in [0, 0.1) is 0 Å². The maximum atomic E-state index is 10.5. The number of aldehydes is 1. The van der Waals surface area contributed by atoms with Gasteiger partial charge >= 0.3 is 5.97 Å². The van der Waals surface area contributed by atoms with Crippen LogP contribution >= 0.6 is 0 Å². The molecule has 4 nitrogen and oxygen atoms in total. The number of hydrogen-bond acceptors (Lipinski definition) is 3. The molecule has 78 valence electrons. The summed E-state index contributed by atoms with van der Waals surface area (Å²) in [6.07, 6.45) is 7.05. The van der Waals surface area contributed by atoms with Crippen molar-refractivity contribution in [1.29, 1.82) is 0 Å². The zero-order valence-electron chi connectivity index (χ0n) is 8.03. The molecule has 1 fully saturated rings. The van der Waals surface area contributed by atoms with E-state index in [1.54, 1.807) is 0 Å². The SMILES string of the molecule is O=CC(=CC(=O)O)NC1CCCCC1. The number of rotatable bonds is 4. The molecule has 0 aromatic carbocycles. The van der Waals surface area contributed by atoms with E-state index in [4.69, 9.17) is 5.11 Å². The molecule has 0 amide bonds. The van der Waals surface area contributed by atoms with E-state index < -0.39 is 5.97 Å². The summed E-state index contributed by atoms with van der Waals surface area (Å²) in [5, 5.41) is 11.4. The van der Waals surface area contributed by atoms with Crippen molar-refractivity contribution in [2.45, 2.75) is 38.1 Å².